The minimum Gasteiger partial charge on any atom is -0.399 e. The fourth-order valence-electron chi connectivity index (χ4n) is 1.51. The summed E-state index contributed by atoms with van der Waals surface area (Å²) in [7, 11) is 0. The molecule has 1 fully saturated rings. The number of rotatable bonds is 1. The number of hydrogen-bond donors (Lipinski definition) is 2. The second-order valence-electron chi connectivity index (χ2n) is 3.47. The van der Waals surface area contributed by atoms with Crippen LogP contribution in [0.5, 0.6) is 0 Å². The van der Waals surface area contributed by atoms with Crippen LogP contribution in [0.1, 0.15) is 0 Å². The number of carbonyl (C=O) groups is 2. The monoisotopic (exact) mass is 239 g/mol. The van der Waals surface area contributed by atoms with Crippen molar-refractivity contribution in [3.63, 3.8) is 0 Å². The van der Waals surface area contributed by atoms with E-state index in [0.717, 1.165) is 0 Å². The standard InChI is InChI=1S/C10H10ClN3O2/c11-7-2-1-6(12)3-8(7)14-5-9(15)13-4-10(14)16/h1-3H,4-5,12H2,(H,13,15). The fraction of sp³-hybridized carbons (Fsp3) is 0.200. The molecule has 0 spiro atoms. The molecule has 1 saturated heterocycles. The summed E-state index contributed by atoms with van der Waals surface area (Å²) in [6.45, 7) is -0.0357. The van der Waals surface area contributed by atoms with Crippen molar-refractivity contribution < 1.29 is 9.59 Å². The van der Waals surface area contributed by atoms with Gasteiger partial charge in [0.1, 0.15) is 6.54 Å². The number of halogens is 1. The Morgan fingerprint density at radius 3 is 2.88 bits per heavy atom. The smallest absolute Gasteiger partial charge is 0.246 e. The van der Waals surface area contributed by atoms with E-state index in [9.17, 15) is 9.59 Å². The van der Waals surface area contributed by atoms with Gasteiger partial charge in [-0.2, -0.15) is 0 Å². The van der Waals surface area contributed by atoms with Crippen molar-refractivity contribution >= 4 is 34.8 Å². The van der Waals surface area contributed by atoms with Crippen LogP contribution in [0.15, 0.2) is 18.2 Å². The zero-order valence-electron chi connectivity index (χ0n) is 8.37. The van der Waals surface area contributed by atoms with Crippen molar-refractivity contribution in [1.29, 1.82) is 0 Å². The Morgan fingerprint density at radius 2 is 2.12 bits per heavy atom. The third kappa shape index (κ3) is 1.94. The average molecular weight is 240 g/mol. The molecule has 1 heterocycles. The molecule has 1 aliphatic rings. The number of amides is 2. The Labute approximate surface area is 97.2 Å². The summed E-state index contributed by atoms with van der Waals surface area (Å²) < 4.78 is 0. The summed E-state index contributed by atoms with van der Waals surface area (Å²) in [5, 5.41) is 2.86. The molecular formula is C10H10ClN3O2. The molecule has 5 nitrogen and oxygen atoms in total. The Morgan fingerprint density at radius 1 is 1.38 bits per heavy atom. The first-order valence-corrected chi connectivity index (χ1v) is 5.08. The lowest BCUT2D eigenvalue weighted by molar-refractivity contribution is -0.128. The zero-order valence-corrected chi connectivity index (χ0v) is 9.12. The third-order valence-electron chi connectivity index (χ3n) is 2.30. The van der Waals surface area contributed by atoms with Gasteiger partial charge in [-0.25, -0.2) is 0 Å². The second-order valence-corrected chi connectivity index (χ2v) is 3.87. The van der Waals surface area contributed by atoms with E-state index in [-0.39, 0.29) is 24.9 Å². The first-order valence-electron chi connectivity index (χ1n) is 4.70. The summed E-state index contributed by atoms with van der Waals surface area (Å²) >= 11 is 5.96. The first kappa shape index (κ1) is 10.8. The lowest BCUT2D eigenvalue weighted by Crippen LogP contribution is -2.51. The Hall–Kier alpha value is -1.75. The van der Waals surface area contributed by atoms with Crippen molar-refractivity contribution in [3.05, 3.63) is 23.2 Å². The molecule has 2 amide bonds. The number of nitrogen functional groups attached to an aromatic ring is 1. The van der Waals surface area contributed by atoms with Crippen molar-refractivity contribution in [1.82, 2.24) is 5.32 Å². The molecule has 3 N–H and O–H groups in total. The first-order chi connectivity index (χ1) is 7.58. The quantitative estimate of drug-likeness (QED) is 0.696. The van der Waals surface area contributed by atoms with Gasteiger partial charge in [0.15, 0.2) is 0 Å². The van der Waals surface area contributed by atoms with Crippen molar-refractivity contribution in [2.24, 2.45) is 0 Å². The van der Waals surface area contributed by atoms with Crippen LogP contribution in [0.4, 0.5) is 11.4 Å². The van der Waals surface area contributed by atoms with Crippen LogP contribution < -0.4 is 16.0 Å². The summed E-state index contributed by atoms with van der Waals surface area (Å²) in [5.41, 5.74) is 6.59. The lowest BCUT2D eigenvalue weighted by Gasteiger charge is -2.27. The predicted molar refractivity (Wildman–Crippen MR) is 61.2 cm³/mol. The molecule has 0 unspecified atom stereocenters. The number of piperazine rings is 1. The fourth-order valence-corrected chi connectivity index (χ4v) is 1.73. The van der Waals surface area contributed by atoms with Crippen LogP contribution in [0.25, 0.3) is 0 Å². The number of nitrogens with zero attached hydrogens (tertiary/aromatic N) is 1. The number of anilines is 2. The average Bonchev–Trinajstić information content (AvgIpc) is 2.25. The third-order valence-corrected chi connectivity index (χ3v) is 2.62. The molecule has 1 aromatic rings. The van der Waals surface area contributed by atoms with Crippen LogP contribution >= 0.6 is 11.6 Å². The van der Waals surface area contributed by atoms with Crippen LogP contribution in [-0.2, 0) is 9.59 Å². The molecule has 0 saturated carbocycles. The van der Waals surface area contributed by atoms with Gasteiger partial charge >= 0.3 is 0 Å². The van der Waals surface area contributed by atoms with Gasteiger partial charge in [-0.3, -0.25) is 14.5 Å². The lowest BCUT2D eigenvalue weighted by atomic mass is 10.2. The van der Waals surface area contributed by atoms with Gasteiger partial charge < -0.3 is 11.1 Å². The van der Waals surface area contributed by atoms with Gasteiger partial charge in [0.2, 0.25) is 11.8 Å². The van der Waals surface area contributed by atoms with Crippen LogP contribution in [0.3, 0.4) is 0 Å². The molecule has 84 valence electrons. The van der Waals surface area contributed by atoms with Gasteiger partial charge in [0, 0.05) is 5.69 Å². The minimum absolute atomic E-state index is 0.00996. The van der Waals surface area contributed by atoms with E-state index in [1.165, 1.54) is 4.90 Å². The Bertz CT molecular complexity index is 461. The van der Waals surface area contributed by atoms with Gasteiger partial charge in [-0.05, 0) is 18.2 Å². The molecule has 0 aliphatic carbocycles. The van der Waals surface area contributed by atoms with Gasteiger partial charge in [0.05, 0.1) is 17.3 Å². The van der Waals surface area contributed by atoms with E-state index < -0.39 is 0 Å². The molecule has 0 aromatic heterocycles. The topological polar surface area (TPSA) is 75.4 Å². The van der Waals surface area contributed by atoms with E-state index >= 15 is 0 Å². The maximum absolute atomic E-state index is 11.6. The number of nitrogens with one attached hydrogen (secondary N) is 1. The Kier molecular flexibility index (Phi) is 2.70. The zero-order chi connectivity index (χ0) is 11.7. The van der Waals surface area contributed by atoms with E-state index in [1.54, 1.807) is 18.2 Å². The largest absolute Gasteiger partial charge is 0.399 e. The second kappa shape index (κ2) is 4.02. The summed E-state index contributed by atoms with van der Waals surface area (Å²) in [6.07, 6.45) is 0. The number of hydrogen-bond acceptors (Lipinski definition) is 3. The molecule has 6 heteroatoms. The molecule has 2 rings (SSSR count). The number of carbonyl (C=O) groups excluding carboxylic acids is 2. The van der Waals surface area contributed by atoms with Crippen molar-refractivity contribution in [2.45, 2.75) is 0 Å². The Balaban J connectivity index is 2.38. The molecule has 16 heavy (non-hydrogen) atoms. The highest BCUT2D eigenvalue weighted by molar-refractivity contribution is 6.34. The maximum Gasteiger partial charge on any atom is 0.246 e. The molecule has 1 aliphatic heterocycles. The highest BCUT2D eigenvalue weighted by Crippen LogP contribution is 2.28. The number of nitrogens with two attached hydrogens (primary N) is 1. The van der Waals surface area contributed by atoms with Gasteiger partial charge in [0.25, 0.3) is 0 Å². The number of benzene rings is 1. The minimum atomic E-state index is -0.210. The van der Waals surface area contributed by atoms with Crippen molar-refractivity contribution in [3.8, 4) is 0 Å². The van der Waals surface area contributed by atoms with E-state index in [0.29, 0.717) is 16.4 Å². The molecule has 0 radical (unpaired) electrons. The summed E-state index contributed by atoms with van der Waals surface area (Å²) in [5.74, 6) is -0.412. The highest BCUT2D eigenvalue weighted by atomic mass is 35.5. The van der Waals surface area contributed by atoms with Crippen molar-refractivity contribution in [2.75, 3.05) is 23.7 Å². The van der Waals surface area contributed by atoms with Gasteiger partial charge in [-0.1, -0.05) is 11.6 Å². The molecule has 0 atom stereocenters. The van der Waals surface area contributed by atoms with Crippen LogP contribution in [-0.4, -0.2) is 24.9 Å². The predicted octanol–water partition coefficient (Wildman–Crippen LogP) is 0.385. The van der Waals surface area contributed by atoms with E-state index in [2.05, 4.69) is 5.32 Å². The maximum atomic E-state index is 11.6. The van der Waals surface area contributed by atoms with Crippen LogP contribution in [0.2, 0.25) is 5.02 Å². The molecule has 0 bridgehead atoms. The highest BCUT2D eigenvalue weighted by Gasteiger charge is 2.25. The SMILES string of the molecule is Nc1ccc(Cl)c(N2CC(=O)NCC2=O)c1. The van der Waals surface area contributed by atoms with E-state index in [1.807, 2.05) is 0 Å². The summed E-state index contributed by atoms with van der Waals surface area (Å²) in [6, 6.07) is 4.82. The summed E-state index contributed by atoms with van der Waals surface area (Å²) in [4.78, 5) is 24.2. The van der Waals surface area contributed by atoms with Crippen LogP contribution in [0, 0.1) is 0 Å². The van der Waals surface area contributed by atoms with Gasteiger partial charge in [-0.15, -0.1) is 0 Å². The molecular weight excluding hydrogens is 230 g/mol. The van der Waals surface area contributed by atoms with E-state index in [4.69, 9.17) is 17.3 Å². The normalized spacial score (nSPS) is 16.2. The molecule has 1 aromatic carbocycles.